The van der Waals surface area contributed by atoms with Crippen molar-refractivity contribution in [1.29, 1.82) is 0 Å². The molecule has 0 spiro atoms. The number of aryl methyl sites for hydroxylation is 2. The summed E-state index contributed by atoms with van der Waals surface area (Å²) in [6.45, 7) is 9.64. The van der Waals surface area contributed by atoms with E-state index in [0.29, 0.717) is 0 Å². The van der Waals surface area contributed by atoms with Crippen molar-refractivity contribution in [3.8, 4) is 23.0 Å². The molecule has 2 aliphatic rings. The van der Waals surface area contributed by atoms with Crippen LogP contribution in [0, 0.1) is 60.4 Å². The zero-order valence-electron chi connectivity index (χ0n) is 34.6. The van der Waals surface area contributed by atoms with Crippen LogP contribution in [0.2, 0.25) is 0 Å². The summed E-state index contributed by atoms with van der Waals surface area (Å²) in [6.07, 6.45) is 14.7. The molecule has 0 atom stereocenters. The van der Waals surface area contributed by atoms with Crippen LogP contribution in [0.25, 0.3) is 0 Å². The minimum absolute atomic E-state index is 0.0380. The van der Waals surface area contributed by atoms with Crippen molar-refractivity contribution >= 4 is 42.4 Å². The van der Waals surface area contributed by atoms with E-state index < -0.39 is 86.4 Å². The molecule has 2 N–H and O–H groups in total. The fourth-order valence-electron chi connectivity index (χ4n) is 7.55. The number of phenolic OH excluding ortho intramolecular Hbond substituents is 2. The molecule has 6 rings (SSSR count). The molecule has 0 aliphatic heterocycles. The molecule has 338 valence electrons. The van der Waals surface area contributed by atoms with E-state index in [0.717, 1.165) is 98.9 Å². The summed E-state index contributed by atoms with van der Waals surface area (Å²) in [5.74, 6) is -15.5. The fraction of sp³-hybridized carbons (Fsp3) is 0.348. The third kappa shape index (κ3) is 12.9. The third-order valence-electron chi connectivity index (χ3n) is 10.5. The molecule has 2 saturated carbocycles. The fourth-order valence-corrected chi connectivity index (χ4v) is 7.55. The number of phenols is 2. The first-order valence-electron chi connectivity index (χ1n) is 20.0. The molecule has 0 heterocycles. The molecule has 6 nitrogen and oxygen atoms in total. The molecule has 0 aromatic heterocycles. The van der Waals surface area contributed by atoms with Crippen LogP contribution in [0.15, 0.2) is 59.6 Å². The van der Waals surface area contributed by atoms with Crippen LogP contribution in [0.4, 0.5) is 46.5 Å². The van der Waals surface area contributed by atoms with Gasteiger partial charge in [0.2, 0.25) is 23.3 Å². The molecule has 4 aromatic carbocycles. The van der Waals surface area contributed by atoms with Gasteiger partial charge in [0.25, 0.3) is 0 Å². The molecule has 0 saturated heterocycles. The molecule has 0 unspecified atom stereocenters. The molecule has 4 aromatic rings. The van der Waals surface area contributed by atoms with Gasteiger partial charge in [-0.1, -0.05) is 76.0 Å². The van der Waals surface area contributed by atoms with Crippen molar-refractivity contribution in [3.05, 3.63) is 129 Å². The Labute approximate surface area is 378 Å². The Morgan fingerprint density at radius 2 is 0.873 bits per heavy atom. The summed E-state index contributed by atoms with van der Waals surface area (Å²) in [5, 5.41) is 21.4. The van der Waals surface area contributed by atoms with Gasteiger partial charge in [-0.15, -0.1) is 0 Å². The van der Waals surface area contributed by atoms with E-state index in [1.165, 1.54) is 12.2 Å². The molecule has 0 bridgehead atoms. The van der Waals surface area contributed by atoms with Crippen LogP contribution in [0.3, 0.4) is 0 Å². The summed E-state index contributed by atoms with van der Waals surface area (Å²) < 4.78 is 123. The molecule has 0 radical (unpaired) electrons. The predicted octanol–water partition coefficient (Wildman–Crippen LogP) is 14.6. The molecule has 2 fully saturated rings. The van der Waals surface area contributed by atoms with Gasteiger partial charge in [-0.25, -0.2) is 27.5 Å². The molecule has 0 amide bonds. The summed E-state index contributed by atoms with van der Waals surface area (Å²) in [4.78, 5) is 7.23. The third-order valence-corrected chi connectivity index (χ3v) is 10.5. The van der Waals surface area contributed by atoms with E-state index in [9.17, 15) is 45.3 Å². The second-order valence-electron chi connectivity index (χ2n) is 14.9. The number of aliphatic imine (C=N–C) groups is 2. The maximum absolute atomic E-state index is 14.3. The number of rotatable bonds is 12. The molecule has 63 heavy (non-hydrogen) atoms. The summed E-state index contributed by atoms with van der Waals surface area (Å²) in [6, 6.07) is 6.95. The Balaban J connectivity index is 0.000000260. The molecular formula is C46H46Cl2F8N2O4Ti. The Kier molecular flexibility index (Phi) is 20.0. The molecular weight excluding hydrogens is 915 g/mol. The van der Waals surface area contributed by atoms with Crippen molar-refractivity contribution in [3.63, 3.8) is 0 Å². The normalized spacial score (nSPS) is 14.5. The van der Waals surface area contributed by atoms with E-state index in [1.807, 2.05) is 26.0 Å². The van der Waals surface area contributed by atoms with Crippen LogP contribution >= 0.6 is 18.6 Å². The van der Waals surface area contributed by atoms with Gasteiger partial charge in [-0.3, -0.25) is 0 Å². The number of hydrogen-bond acceptors (Lipinski definition) is 6. The Morgan fingerprint density at radius 3 is 1.16 bits per heavy atom. The van der Waals surface area contributed by atoms with Crippen molar-refractivity contribution < 1.29 is 71.8 Å². The quantitative estimate of drug-likeness (QED) is 0.0487. The van der Waals surface area contributed by atoms with Gasteiger partial charge < -0.3 is 19.7 Å². The van der Waals surface area contributed by atoms with Crippen molar-refractivity contribution in [2.24, 2.45) is 9.98 Å². The predicted molar refractivity (Wildman–Crippen MR) is 227 cm³/mol. The van der Waals surface area contributed by atoms with Gasteiger partial charge in [0.05, 0.1) is 0 Å². The van der Waals surface area contributed by atoms with Crippen LogP contribution in [-0.4, -0.2) is 35.9 Å². The first-order chi connectivity index (χ1) is 30.1. The van der Waals surface area contributed by atoms with E-state index >= 15 is 0 Å². The average Bonchev–Trinajstić information content (AvgIpc) is 3.28. The number of benzene rings is 4. The molecule has 2 aliphatic carbocycles. The number of halogens is 10. The average molecular weight is 962 g/mol. The maximum atomic E-state index is 14.3. The van der Waals surface area contributed by atoms with Gasteiger partial charge in [-0.05, 0) is 85.8 Å². The number of nitrogens with zero attached hydrogens (tertiary/aromatic N) is 2. The van der Waals surface area contributed by atoms with E-state index in [4.69, 9.17) is 18.6 Å². The minimum atomic E-state index is -1.68. The number of aromatic hydroxyl groups is 2. The van der Waals surface area contributed by atoms with Gasteiger partial charge >= 0.3 is 35.6 Å². The summed E-state index contributed by atoms with van der Waals surface area (Å²) in [7, 11) is 9.78. The first kappa shape index (κ1) is 51.3. The topological polar surface area (TPSA) is 83.6 Å². The SMILES string of the molecule is C=CCOc1c(F)c(F)c(N=Cc2cc(C)cc(C3CCCCC3)c2O)c(F)c1F.C=CCOc1c(F)c(F)c(N=Cc2cc(C)cc(C3CCCCC3)c2O)c(F)c1F.[Cl][Ti][Cl]. The second-order valence-corrected chi connectivity index (χ2v) is 17.5. The van der Waals surface area contributed by atoms with Crippen LogP contribution in [0.1, 0.15) is 109 Å². The van der Waals surface area contributed by atoms with E-state index in [1.54, 1.807) is 12.1 Å². The van der Waals surface area contributed by atoms with Gasteiger partial charge in [0.15, 0.2) is 34.8 Å². The Hall–Kier alpha value is -4.37. The van der Waals surface area contributed by atoms with Crippen LogP contribution in [0.5, 0.6) is 23.0 Å². The first-order valence-corrected chi connectivity index (χ1v) is 24.3. The summed E-state index contributed by atoms with van der Waals surface area (Å²) >= 11 is -0.556. The van der Waals surface area contributed by atoms with Crippen LogP contribution < -0.4 is 9.47 Å². The van der Waals surface area contributed by atoms with Gasteiger partial charge in [0, 0.05) is 23.6 Å². The standard InChI is InChI=1S/2C23H23F4NO2.2ClH.Ti/c2*1-3-9-30-23-19(26)17(24)21(18(25)20(23)27)28-12-15-10-13(2)11-16(22(15)29)14-7-5-4-6-8-14;;;/h2*3,10-12,14,29H,1,4-9H2,2H3;2*1H;/q;;;;+2/p-2. The summed E-state index contributed by atoms with van der Waals surface area (Å²) in [5.41, 5.74) is 1.37. The van der Waals surface area contributed by atoms with Gasteiger partial charge in [0.1, 0.15) is 36.1 Å². The number of hydrogen-bond donors (Lipinski definition) is 2. The zero-order valence-corrected chi connectivity index (χ0v) is 37.6. The van der Waals surface area contributed by atoms with Gasteiger partial charge in [-0.2, -0.15) is 17.6 Å². The van der Waals surface area contributed by atoms with Crippen molar-refractivity contribution in [2.45, 2.75) is 89.9 Å². The van der Waals surface area contributed by atoms with Crippen molar-refractivity contribution in [2.75, 3.05) is 13.2 Å². The molecule has 17 heteroatoms. The Morgan fingerprint density at radius 1 is 0.571 bits per heavy atom. The van der Waals surface area contributed by atoms with E-state index in [2.05, 4.69) is 32.6 Å². The number of ether oxygens (including phenoxy) is 2. The van der Waals surface area contributed by atoms with Crippen LogP contribution in [-0.2, 0) is 17.0 Å². The monoisotopic (exact) mass is 960 g/mol. The zero-order chi connectivity index (χ0) is 46.4. The Bertz CT molecular complexity index is 2100. The van der Waals surface area contributed by atoms with Crippen molar-refractivity contribution in [1.82, 2.24) is 0 Å². The second kappa shape index (κ2) is 24.6. The van der Waals surface area contributed by atoms with E-state index in [-0.39, 0.29) is 47.7 Å².